The van der Waals surface area contributed by atoms with E-state index in [9.17, 15) is 0 Å². The highest BCUT2D eigenvalue weighted by Gasteiger charge is 2.07. The Kier molecular flexibility index (Phi) is 3.65. The molecule has 6 heteroatoms. The van der Waals surface area contributed by atoms with E-state index in [-0.39, 0.29) is 4.99 Å². The first kappa shape index (κ1) is 11.9. The van der Waals surface area contributed by atoms with E-state index in [1.807, 2.05) is 24.3 Å². The van der Waals surface area contributed by atoms with Gasteiger partial charge >= 0.3 is 0 Å². The minimum Gasteiger partial charge on any atom is -0.388 e. The summed E-state index contributed by atoms with van der Waals surface area (Å²) in [6.45, 7) is 0. The van der Waals surface area contributed by atoms with Crippen molar-refractivity contribution < 1.29 is 0 Å². The molecule has 17 heavy (non-hydrogen) atoms. The van der Waals surface area contributed by atoms with Gasteiger partial charge in [-0.1, -0.05) is 28.1 Å². The van der Waals surface area contributed by atoms with Crippen LogP contribution in [0.5, 0.6) is 0 Å². The third-order valence-corrected chi connectivity index (χ3v) is 2.76. The number of nitrogens with zero attached hydrogens (tertiary/aromatic N) is 2. The molecule has 1 aromatic carbocycles. The number of hydrogen-bond donors (Lipinski definition) is 2. The summed E-state index contributed by atoms with van der Waals surface area (Å²) in [5, 5.41) is 3.12. The molecular weight excluding hydrogens is 300 g/mol. The summed E-state index contributed by atoms with van der Waals surface area (Å²) >= 11 is 8.29. The van der Waals surface area contributed by atoms with Gasteiger partial charge < -0.3 is 11.1 Å². The average Bonchev–Trinajstić information content (AvgIpc) is 2.32. The van der Waals surface area contributed by atoms with Crippen LogP contribution in [0.2, 0.25) is 0 Å². The van der Waals surface area contributed by atoms with Crippen molar-refractivity contribution in [3.63, 3.8) is 0 Å². The normalized spacial score (nSPS) is 9.94. The van der Waals surface area contributed by atoms with Gasteiger partial charge in [0.15, 0.2) is 5.82 Å². The maximum absolute atomic E-state index is 5.57. The fourth-order valence-corrected chi connectivity index (χ4v) is 1.69. The summed E-state index contributed by atoms with van der Waals surface area (Å²) in [5.41, 5.74) is 6.96. The molecule has 0 aliphatic carbocycles. The molecule has 0 radical (unpaired) electrons. The van der Waals surface area contributed by atoms with Gasteiger partial charge in [-0.3, -0.25) is 0 Å². The van der Waals surface area contributed by atoms with E-state index in [1.165, 1.54) is 0 Å². The Morgan fingerprint density at radius 1 is 1.18 bits per heavy atom. The maximum atomic E-state index is 5.57. The van der Waals surface area contributed by atoms with Crippen LogP contribution in [-0.2, 0) is 0 Å². The molecule has 0 amide bonds. The fraction of sp³-hybridized carbons (Fsp3) is 0. The van der Waals surface area contributed by atoms with Crippen molar-refractivity contribution in [1.29, 1.82) is 0 Å². The van der Waals surface area contributed by atoms with E-state index < -0.39 is 0 Å². The van der Waals surface area contributed by atoms with Crippen LogP contribution in [0, 0.1) is 0 Å². The van der Waals surface area contributed by atoms with Gasteiger partial charge in [0.1, 0.15) is 10.7 Å². The molecule has 0 fully saturated rings. The lowest BCUT2D eigenvalue weighted by Crippen LogP contribution is -2.14. The first-order valence-corrected chi connectivity index (χ1v) is 6.00. The molecule has 0 unspecified atom stereocenters. The number of thiocarbonyl (C=S) groups is 1. The van der Waals surface area contributed by atoms with Crippen molar-refractivity contribution in [3.8, 4) is 0 Å². The number of anilines is 2. The average molecular weight is 309 g/mol. The van der Waals surface area contributed by atoms with E-state index in [0.717, 1.165) is 10.2 Å². The Hall–Kier alpha value is -1.53. The van der Waals surface area contributed by atoms with E-state index in [2.05, 4.69) is 31.2 Å². The molecule has 0 atom stereocenters. The fourth-order valence-electron chi connectivity index (χ4n) is 1.28. The Morgan fingerprint density at radius 2 is 1.82 bits per heavy atom. The molecule has 0 spiro atoms. The summed E-state index contributed by atoms with van der Waals surface area (Å²) in [6.07, 6.45) is 3.14. The number of nitrogens with one attached hydrogen (secondary N) is 1. The van der Waals surface area contributed by atoms with Crippen LogP contribution in [0.25, 0.3) is 0 Å². The van der Waals surface area contributed by atoms with Gasteiger partial charge in [0.05, 0.1) is 0 Å². The number of rotatable bonds is 3. The maximum Gasteiger partial charge on any atom is 0.159 e. The number of benzene rings is 1. The van der Waals surface area contributed by atoms with Gasteiger partial charge in [-0.2, -0.15) is 0 Å². The van der Waals surface area contributed by atoms with E-state index in [0.29, 0.717) is 11.5 Å². The molecule has 3 N–H and O–H groups in total. The highest BCUT2D eigenvalue weighted by molar-refractivity contribution is 9.10. The van der Waals surface area contributed by atoms with Gasteiger partial charge in [-0.15, -0.1) is 0 Å². The lowest BCUT2D eigenvalue weighted by atomic mass is 10.3. The predicted molar refractivity (Wildman–Crippen MR) is 75.3 cm³/mol. The van der Waals surface area contributed by atoms with Gasteiger partial charge in [0.25, 0.3) is 0 Å². The van der Waals surface area contributed by atoms with Gasteiger partial charge in [-0.25, -0.2) is 9.97 Å². The third-order valence-electron chi connectivity index (χ3n) is 2.04. The number of halogens is 1. The standard InChI is InChI=1S/C11H9BrN4S/c12-7-1-3-8(4-2-7)16-11-9(10(13)17)14-5-6-15-11/h1-6H,(H2,13,17)(H,15,16). The molecule has 0 saturated carbocycles. The second-order valence-electron chi connectivity index (χ2n) is 3.25. The van der Waals surface area contributed by atoms with Gasteiger partial charge in [-0.05, 0) is 24.3 Å². The quantitative estimate of drug-likeness (QED) is 0.853. The van der Waals surface area contributed by atoms with E-state index in [1.54, 1.807) is 12.4 Å². The molecule has 2 rings (SSSR count). The van der Waals surface area contributed by atoms with Crippen LogP contribution in [0.4, 0.5) is 11.5 Å². The van der Waals surface area contributed by atoms with Crippen LogP contribution < -0.4 is 11.1 Å². The largest absolute Gasteiger partial charge is 0.388 e. The van der Waals surface area contributed by atoms with Crippen molar-refractivity contribution >= 4 is 44.6 Å². The van der Waals surface area contributed by atoms with Gasteiger partial charge in [0, 0.05) is 22.6 Å². The lowest BCUT2D eigenvalue weighted by molar-refractivity contribution is 1.18. The summed E-state index contributed by atoms with van der Waals surface area (Å²) < 4.78 is 1.01. The minimum absolute atomic E-state index is 0.220. The summed E-state index contributed by atoms with van der Waals surface area (Å²) in [5.74, 6) is 0.558. The van der Waals surface area contributed by atoms with Crippen LogP contribution in [-0.4, -0.2) is 15.0 Å². The Morgan fingerprint density at radius 3 is 2.47 bits per heavy atom. The zero-order valence-electron chi connectivity index (χ0n) is 8.72. The molecule has 0 aliphatic heterocycles. The molecule has 4 nitrogen and oxygen atoms in total. The summed E-state index contributed by atoms with van der Waals surface area (Å²) in [6, 6.07) is 7.70. The van der Waals surface area contributed by atoms with Crippen molar-refractivity contribution in [3.05, 3.63) is 46.8 Å². The third kappa shape index (κ3) is 2.98. The number of aromatic nitrogens is 2. The summed E-state index contributed by atoms with van der Waals surface area (Å²) in [7, 11) is 0. The van der Waals surface area contributed by atoms with Crippen molar-refractivity contribution in [2.45, 2.75) is 0 Å². The monoisotopic (exact) mass is 308 g/mol. The van der Waals surface area contributed by atoms with Crippen molar-refractivity contribution in [2.75, 3.05) is 5.32 Å². The molecule has 1 heterocycles. The molecule has 0 bridgehead atoms. The van der Waals surface area contributed by atoms with Gasteiger partial charge in [0.2, 0.25) is 0 Å². The molecule has 0 aliphatic rings. The van der Waals surface area contributed by atoms with Crippen LogP contribution in [0.1, 0.15) is 5.69 Å². The Bertz CT molecular complexity index is 541. The van der Waals surface area contributed by atoms with Crippen LogP contribution in [0.15, 0.2) is 41.1 Å². The molecule has 86 valence electrons. The second-order valence-corrected chi connectivity index (χ2v) is 4.61. The summed E-state index contributed by atoms with van der Waals surface area (Å²) in [4.78, 5) is 8.48. The highest BCUT2D eigenvalue weighted by Crippen LogP contribution is 2.19. The number of nitrogens with two attached hydrogens (primary N) is 1. The number of hydrogen-bond acceptors (Lipinski definition) is 4. The molecule has 2 aromatic rings. The highest BCUT2D eigenvalue weighted by atomic mass is 79.9. The zero-order valence-corrected chi connectivity index (χ0v) is 11.1. The molecular formula is C11H9BrN4S. The molecule has 1 aromatic heterocycles. The Balaban J connectivity index is 2.30. The minimum atomic E-state index is 0.220. The Labute approximate surface area is 112 Å². The SMILES string of the molecule is NC(=S)c1nccnc1Nc1ccc(Br)cc1. The zero-order chi connectivity index (χ0) is 12.3. The van der Waals surface area contributed by atoms with Crippen LogP contribution in [0.3, 0.4) is 0 Å². The predicted octanol–water partition coefficient (Wildman–Crippen LogP) is 2.62. The van der Waals surface area contributed by atoms with Crippen molar-refractivity contribution in [1.82, 2.24) is 9.97 Å². The second kappa shape index (κ2) is 5.20. The topological polar surface area (TPSA) is 63.8 Å². The van der Waals surface area contributed by atoms with E-state index in [4.69, 9.17) is 18.0 Å². The first-order valence-electron chi connectivity index (χ1n) is 4.80. The van der Waals surface area contributed by atoms with Crippen molar-refractivity contribution in [2.24, 2.45) is 5.73 Å². The smallest absolute Gasteiger partial charge is 0.159 e. The van der Waals surface area contributed by atoms with Crippen LogP contribution >= 0.6 is 28.1 Å². The molecule has 0 saturated heterocycles. The van der Waals surface area contributed by atoms with E-state index >= 15 is 0 Å². The lowest BCUT2D eigenvalue weighted by Gasteiger charge is -2.08. The first-order chi connectivity index (χ1) is 8.16.